The zero-order valence-corrected chi connectivity index (χ0v) is 18.4. The summed E-state index contributed by atoms with van der Waals surface area (Å²) in [6.45, 7) is 8.63. The summed E-state index contributed by atoms with van der Waals surface area (Å²) < 4.78 is 2.06. The Bertz CT molecular complexity index is 322. The fraction of sp³-hybridized carbons (Fsp3) is 0.875. The summed E-state index contributed by atoms with van der Waals surface area (Å²) in [6.07, 6.45) is 28.2. The van der Waals surface area contributed by atoms with Crippen LogP contribution in [0.25, 0.3) is 0 Å². The molecule has 0 radical (unpaired) electrons. The summed E-state index contributed by atoms with van der Waals surface area (Å²) in [5.41, 5.74) is 0. The molecule has 0 aromatic heterocycles. The Kier molecular flexibility index (Phi) is 19.9. The van der Waals surface area contributed by atoms with E-state index in [1.807, 2.05) is 19.4 Å². The van der Waals surface area contributed by atoms with Gasteiger partial charge in [-0.25, -0.2) is 4.58 Å². The largest absolute Gasteiger partial charge is 0.389 e. The average molecular weight is 366 g/mol. The lowest BCUT2D eigenvalue weighted by Crippen LogP contribution is -2.17. The number of rotatable bonds is 20. The SMILES string of the molecule is C=[N+](/C=C\NC)C(C)CCCCCCCCCCCCCCCCCC. The maximum atomic E-state index is 4.07. The second-order valence-electron chi connectivity index (χ2n) is 8.06. The van der Waals surface area contributed by atoms with Crippen LogP contribution in [-0.4, -0.2) is 24.4 Å². The molecule has 0 aliphatic carbocycles. The average Bonchev–Trinajstić information content (AvgIpc) is 2.65. The van der Waals surface area contributed by atoms with E-state index in [0.717, 1.165) is 0 Å². The third-order valence-corrected chi connectivity index (χ3v) is 5.47. The van der Waals surface area contributed by atoms with Gasteiger partial charge in [0, 0.05) is 13.5 Å². The molecule has 1 N–H and O–H groups in total. The maximum absolute atomic E-state index is 4.07. The Morgan fingerprint density at radius 1 is 0.731 bits per heavy atom. The molecule has 2 heteroatoms. The van der Waals surface area contributed by atoms with E-state index in [2.05, 4.69) is 30.5 Å². The number of nitrogens with one attached hydrogen (secondary N) is 1. The maximum Gasteiger partial charge on any atom is 0.184 e. The first-order valence-corrected chi connectivity index (χ1v) is 11.6. The molecule has 0 saturated heterocycles. The molecule has 26 heavy (non-hydrogen) atoms. The van der Waals surface area contributed by atoms with Crippen molar-refractivity contribution in [2.45, 2.75) is 129 Å². The molecule has 2 nitrogen and oxygen atoms in total. The highest BCUT2D eigenvalue weighted by Crippen LogP contribution is 2.14. The van der Waals surface area contributed by atoms with Crippen molar-refractivity contribution in [3.63, 3.8) is 0 Å². The molecule has 1 atom stereocenters. The molecule has 0 aliphatic heterocycles. The highest BCUT2D eigenvalue weighted by atomic mass is 15.0. The molecular formula is C24H49N2+. The minimum Gasteiger partial charge on any atom is -0.389 e. The third kappa shape index (κ3) is 18.0. The summed E-state index contributed by atoms with van der Waals surface area (Å²) in [4.78, 5) is 0. The van der Waals surface area contributed by atoms with Crippen molar-refractivity contribution >= 4 is 6.72 Å². The highest BCUT2D eigenvalue weighted by Gasteiger charge is 2.09. The zero-order chi connectivity index (χ0) is 19.3. The molecule has 0 fully saturated rings. The molecule has 154 valence electrons. The van der Waals surface area contributed by atoms with E-state index >= 15 is 0 Å². The van der Waals surface area contributed by atoms with Crippen molar-refractivity contribution in [2.24, 2.45) is 0 Å². The molecular weight excluding hydrogens is 316 g/mol. The van der Waals surface area contributed by atoms with Crippen molar-refractivity contribution in [1.29, 1.82) is 0 Å². The first-order valence-electron chi connectivity index (χ1n) is 11.6. The monoisotopic (exact) mass is 365 g/mol. The number of unbranched alkanes of at least 4 members (excludes halogenated alkanes) is 15. The van der Waals surface area contributed by atoms with Gasteiger partial charge < -0.3 is 5.32 Å². The fourth-order valence-corrected chi connectivity index (χ4v) is 3.47. The Morgan fingerprint density at radius 3 is 1.50 bits per heavy atom. The number of hydrogen-bond donors (Lipinski definition) is 1. The first kappa shape index (κ1) is 25.2. The first-order chi connectivity index (χ1) is 12.7. The third-order valence-electron chi connectivity index (χ3n) is 5.47. The van der Waals surface area contributed by atoms with Crippen LogP contribution in [0, 0.1) is 0 Å². The molecule has 0 bridgehead atoms. The summed E-state index contributed by atoms with van der Waals surface area (Å²) in [6, 6.07) is 0.534. The van der Waals surface area contributed by atoms with Crippen LogP contribution in [0.1, 0.15) is 123 Å². The van der Waals surface area contributed by atoms with Crippen LogP contribution >= 0.6 is 0 Å². The number of hydrogen-bond acceptors (Lipinski definition) is 1. The lowest BCUT2D eigenvalue weighted by Gasteiger charge is -2.07. The van der Waals surface area contributed by atoms with Gasteiger partial charge in [0.1, 0.15) is 6.72 Å². The Labute approximate surface area is 165 Å². The Balaban J connectivity index is 3.20. The van der Waals surface area contributed by atoms with E-state index in [1.165, 1.54) is 109 Å². The van der Waals surface area contributed by atoms with Crippen LogP contribution < -0.4 is 5.32 Å². The van der Waals surface area contributed by atoms with E-state index < -0.39 is 0 Å². The van der Waals surface area contributed by atoms with Gasteiger partial charge in [-0.15, -0.1) is 0 Å². The lowest BCUT2D eigenvalue weighted by molar-refractivity contribution is -0.488. The zero-order valence-electron chi connectivity index (χ0n) is 18.4. The fourth-order valence-electron chi connectivity index (χ4n) is 3.47. The molecule has 0 saturated carbocycles. The van der Waals surface area contributed by atoms with Gasteiger partial charge in [-0.3, -0.25) is 0 Å². The van der Waals surface area contributed by atoms with Gasteiger partial charge in [-0.1, -0.05) is 103 Å². The van der Waals surface area contributed by atoms with Gasteiger partial charge in [0.2, 0.25) is 0 Å². The van der Waals surface area contributed by atoms with E-state index in [-0.39, 0.29) is 0 Å². The van der Waals surface area contributed by atoms with Crippen LogP contribution in [0.2, 0.25) is 0 Å². The van der Waals surface area contributed by atoms with Crippen molar-refractivity contribution in [1.82, 2.24) is 5.32 Å². The van der Waals surface area contributed by atoms with Crippen molar-refractivity contribution in [2.75, 3.05) is 7.05 Å². The van der Waals surface area contributed by atoms with Gasteiger partial charge in [-0.2, -0.15) is 0 Å². The normalized spacial score (nSPS) is 12.6. The Hall–Kier alpha value is -0.790. The predicted octanol–water partition coefficient (Wildman–Crippen LogP) is 7.43. The van der Waals surface area contributed by atoms with Crippen molar-refractivity contribution in [3.8, 4) is 0 Å². The van der Waals surface area contributed by atoms with Gasteiger partial charge in [0.15, 0.2) is 12.2 Å². The molecule has 0 aliphatic rings. The van der Waals surface area contributed by atoms with Crippen LogP contribution in [-0.2, 0) is 0 Å². The van der Waals surface area contributed by atoms with Crippen LogP contribution in [0.4, 0.5) is 0 Å². The van der Waals surface area contributed by atoms with Gasteiger partial charge in [0.05, 0.1) is 6.20 Å². The molecule has 0 amide bonds. The summed E-state index contributed by atoms with van der Waals surface area (Å²) in [7, 11) is 1.92. The highest BCUT2D eigenvalue weighted by molar-refractivity contribution is 5.15. The summed E-state index contributed by atoms with van der Waals surface area (Å²) in [5, 5.41) is 3.02. The minimum atomic E-state index is 0.534. The van der Waals surface area contributed by atoms with Gasteiger partial charge >= 0.3 is 0 Å². The smallest absolute Gasteiger partial charge is 0.184 e. The van der Waals surface area contributed by atoms with Crippen molar-refractivity contribution < 1.29 is 4.58 Å². The molecule has 0 rings (SSSR count). The van der Waals surface area contributed by atoms with Gasteiger partial charge in [0.25, 0.3) is 0 Å². The van der Waals surface area contributed by atoms with Crippen LogP contribution in [0.3, 0.4) is 0 Å². The minimum absolute atomic E-state index is 0.534. The number of nitrogens with zero attached hydrogens (tertiary/aromatic N) is 1. The molecule has 1 unspecified atom stereocenters. The molecule has 0 spiro atoms. The summed E-state index contributed by atoms with van der Waals surface area (Å²) in [5.74, 6) is 0. The second kappa shape index (κ2) is 20.5. The predicted molar refractivity (Wildman–Crippen MR) is 119 cm³/mol. The Morgan fingerprint density at radius 2 is 1.12 bits per heavy atom. The standard InChI is InChI=1S/C24H49N2/c1-5-6-7-8-9-10-11-12-13-14-15-16-17-18-19-20-21-24(2)26(4)23-22-25-3/h22-25H,4-21H2,1-3H3/q+1/b23-22-. The topological polar surface area (TPSA) is 15.0 Å². The molecule has 0 heterocycles. The van der Waals surface area contributed by atoms with E-state index in [0.29, 0.717) is 6.04 Å². The van der Waals surface area contributed by atoms with Crippen LogP contribution in [0.15, 0.2) is 12.4 Å². The van der Waals surface area contributed by atoms with E-state index in [4.69, 9.17) is 0 Å². The lowest BCUT2D eigenvalue weighted by atomic mass is 10.0. The van der Waals surface area contributed by atoms with E-state index in [9.17, 15) is 0 Å². The second-order valence-corrected chi connectivity index (χ2v) is 8.06. The molecule has 0 aromatic carbocycles. The van der Waals surface area contributed by atoms with E-state index in [1.54, 1.807) is 0 Å². The quantitative estimate of drug-likeness (QED) is 0.135. The summed E-state index contributed by atoms with van der Waals surface area (Å²) >= 11 is 0. The van der Waals surface area contributed by atoms with Crippen LogP contribution in [0.5, 0.6) is 0 Å². The van der Waals surface area contributed by atoms with Crippen molar-refractivity contribution in [3.05, 3.63) is 12.4 Å². The molecule has 0 aromatic rings. The van der Waals surface area contributed by atoms with Gasteiger partial charge in [-0.05, 0) is 13.3 Å².